The SMILES string of the molecule is O=C(NCCCC(=O)N1CCN(c2ccccc2)CC1)c1ccc(F)cc1F. The second-order valence-corrected chi connectivity index (χ2v) is 6.69. The van der Waals surface area contributed by atoms with Crippen LogP contribution in [0.3, 0.4) is 0 Å². The van der Waals surface area contributed by atoms with Crippen LogP contribution in [0.25, 0.3) is 0 Å². The molecule has 5 nitrogen and oxygen atoms in total. The Morgan fingerprint density at radius 1 is 0.964 bits per heavy atom. The predicted molar refractivity (Wildman–Crippen MR) is 103 cm³/mol. The highest BCUT2D eigenvalue weighted by atomic mass is 19.1. The number of amides is 2. The van der Waals surface area contributed by atoms with Gasteiger partial charge in [0.25, 0.3) is 5.91 Å². The number of carbonyl (C=O) groups excluding carboxylic acids is 2. The van der Waals surface area contributed by atoms with Crippen molar-refractivity contribution in [1.82, 2.24) is 10.2 Å². The lowest BCUT2D eigenvalue weighted by atomic mass is 10.2. The Kier molecular flexibility index (Phi) is 6.57. The second-order valence-electron chi connectivity index (χ2n) is 6.69. The van der Waals surface area contributed by atoms with Gasteiger partial charge in [-0.2, -0.15) is 0 Å². The number of para-hydroxylation sites is 1. The molecule has 2 amide bonds. The van der Waals surface area contributed by atoms with Gasteiger partial charge in [-0.05, 0) is 30.7 Å². The Hall–Kier alpha value is -2.96. The molecule has 1 aliphatic heterocycles. The van der Waals surface area contributed by atoms with Gasteiger partial charge < -0.3 is 15.1 Å². The Labute approximate surface area is 162 Å². The highest BCUT2D eigenvalue weighted by Crippen LogP contribution is 2.16. The van der Waals surface area contributed by atoms with E-state index in [1.165, 1.54) is 0 Å². The Balaban J connectivity index is 1.37. The zero-order chi connectivity index (χ0) is 19.9. The Bertz CT molecular complexity index is 822. The summed E-state index contributed by atoms with van der Waals surface area (Å²) >= 11 is 0. The van der Waals surface area contributed by atoms with Gasteiger partial charge in [-0.1, -0.05) is 18.2 Å². The average Bonchev–Trinajstić information content (AvgIpc) is 2.71. The lowest BCUT2D eigenvalue weighted by Crippen LogP contribution is -2.48. The van der Waals surface area contributed by atoms with Crippen LogP contribution in [-0.4, -0.2) is 49.4 Å². The molecule has 0 saturated carbocycles. The Morgan fingerprint density at radius 2 is 1.68 bits per heavy atom. The summed E-state index contributed by atoms with van der Waals surface area (Å²) < 4.78 is 26.5. The molecule has 1 N–H and O–H groups in total. The molecule has 2 aromatic rings. The van der Waals surface area contributed by atoms with Gasteiger partial charge in [-0.15, -0.1) is 0 Å². The topological polar surface area (TPSA) is 52.7 Å². The molecule has 0 aliphatic carbocycles. The molecule has 3 rings (SSSR count). The second kappa shape index (κ2) is 9.30. The van der Waals surface area contributed by atoms with Crippen LogP contribution in [0.5, 0.6) is 0 Å². The molecule has 0 unspecified atom stereocenters. The Morgan fingerprint density at radius 3 is 2.36 bits per heavy atom. The number of hydrogen-bond donors (Lipinski definition) is 1. The number of rotatable bonds is 6. The van der Waals surface area contributed by atoms with Crippen molar-refractivity contribution in [1.29, 1.82) is 0 Å². The van der Waals surface area contributed by atoms with Crippen molar-refractivity contribution in [3.63, 3.8) is 0 Å². The van der Waals surface area contributed by atoms with Crippen LogP contribution >= 0.6 is 0 Å². The summed E-state index contributed by atoms with van der Waals surface area (Å²) in [5.74, 6) is -2.19. The summed E-state index contributed by atoms with van der Waals surface area (Å²) in [6.45, 7) is 3.17. The van der Waals surface area contributed by atoms with Gasteiger partial charge in [0.1, 0.15) is 11.6 Å². The molecule has 0 atom stereocenters. The van der Waals surface area contributed by atoms with Crippen LogP contribution < -0.4 is 10.2 Å². The largest absolute Gasteiger partial charge is 0.368 e. The van der Waals surface area contributed by atoms with E-state index in [9.17, 15) is 18.4 Å². The molecule has 1 saturated heterocycles. The number of piperazine rings is 1. The summed E-state index contributed by atoms with van der Waals surface area (Å²) in [6.07, 6.45) is 0.782. The first kappa shape index (κ1) is 19.8. The normalized spacial score (nSPS) is 14.1. The third-order valence-corrected chi connectivity index (χ3v) is 4.78. The van der Waals surface area contributed by atoms with Gasteiger partial charge in [-0.3, -0.25) is 9.59 Å². The number of carbonyl (C=O) groups is 2. The minimum atomic E-state index is -0.898. The number of nitrogens with one attached hydrogen (secondary N) is 1. The monoisotopic (exact) mass is 387 g/mol. The molecule has 148 valence electrons. The molecule has 0 radical (unpaired) electrons. The first-order valence-electron chi connectivity index (χ1n) is 9.35. The molecular formula is C21H23F2N3O2. The number of halogens is 2. The summed E-state index contributed by atoms with van der Waals surface area (Å²) in [4.78, 5) is 28.3. The van der Waals surface area contributed by atoms with Gasteiger partial charge in [0.05, 0.1) is 5.56 Å². The standard InChI is InChI=1S/C21H23F2N3O2/c22-16-8-9-18(19(23)15-16)21(28)24-10-4-7-20(27)26-13-11-25(12-14-26)17-5-2-1-3-6-17/h1-3,5-6,8-9,15H,4,7,10-14H2,(H,24,28). The van der Waals surface area contributed by atoms with Crippen molar-refractivity contribution in [3.8, 4) is 0 Å². The molecule has 28 heavy (non-hydrogen) atoms. The summed E-state index contributed by atoms with van der Waals surface area (Å²) in [5.41, 5.74) is 0.954. The zero-order valence-electron chi connectivity index (χ0n) is 15.5. The quantitative estimate of drug-likeness (QED) is 0.776. The molecule has 0 spiro atoms. The van der Waals surface area contributed by atoms with Crippen molar-refractivity contribution >= 4 is 17.5 Å². The lowest BCUT2D eigenvalue weighted by molar-refractivity contribution is -0.131. The average molecular weight is 387 g/mol. The van der Waals surface area contributed by atoms with Crippen molar-refractivity contribution in [2.45, 2.75) is 12.8 Å². The zero-order valence-corrected chi connectivity index (χ0v) is 15.5. The summed E-state index contributed by atoms with van der Waals surface area (Å²) in [5, 5.41) is 2.57. The van der Waals surface area contributed by atoms with Gasteiger partial charge in [0.2, 0.25) is 5.91 Å². The third kappa shape index (κ3) is 5.06. The number of anilines is 1. The van der Waals surface area contributed by atoms with Crippen LogP contribution in [0, 0.1) is 11.6 Å². The summed E-state index contributed by atoms with van der Waals surface area (Å²) in [6, 6.07) is 12.9. The van der Waals surface area contributed by atoms with Crippen molar-refractivity contribution in [2.75, 3.05) is 37.6 Å². The first-order valence-corrected chi connectivity index (χ1v) is 9.35. The molecule has 0 bridgehead atoms. The van der Waals surface area contributed by atoms with Gasteiger partial charge in [0.15, 0.2) is 0 Å². The maximum atomic E-state index is 13.6. The maximum absolute atomic E-state index is 13.6. The smallest absolute Gasteiger partial charge is 0.254 e. The van der Waals surface area contributed by atoms with Crippen LogP contribution in [0.1, 0.15) is 23.2 Å². The lowest BCUT2D eigenvalue weighted by Gasteiger charge is -2.36. The van der Waals surface area contributed by atoms with E-state index >= 15 is 0 Å². The van der Waals surface area contributed by atoms with Crippen molar-refractivity contribution < 1.29 is 18.4 Å². The van der Waals surface area contributed by atoms with E-state index in [0.29, 0.717) is 32.0 Å². The fraction of sp³-hybridized carbons (Fsp3) is 0.333. The van der Waals surface area contributed by atoms with Crippen LogP contribution in [0.4, 0.5) is 14.5 Å². The first-order chi connectivity index (χ1) is 13.5. The molecule has 0 aromatic heterocycles. The highest BCUT2D eigenvalue weighted by molar-refractivity contribution is 5.94. The molecular weight excluding hydrogens is 364 g/mol. The van der Waals surface area contributed by atoms with Crippen molar-refractivity contribution in [3.05, 3.63) is 65.7 Å². The van der Waals surface area contributed by atoms with Gasteiger partial charge in [-0.25, -0.2) is 8.78 Å². The molecule has 2 aromatic carbocycles. The third-order valence-electron chi connectivity index (χ3n) is 4.78. The van der Waals surface area contributed by atoms with Gasteiger partial charge in [0, 0.05) is 50.9 Å². The van der Waals surface area contributed by atoms with Crippen LogP contribution in [-0.2, 0) is 4.79 Å². The molecule has 1 fully saturated rings. The van der Waals surface area contributed by atoms with E-state index in [1.54, 1.807) is 0 Å². The van der Waals surface area contributed by atoms with E-state index in [1.807, 2.05) is 23.1 Å². The fourth-order valence-corrected chi connectivity index (χ4v) is 3.22. The van der Waals surface area contributed by atoms with E-state index in [0.717, 1.165) is 30.9 Å². The van der Waals surface area contributed by atoms with Crippen LogP contribution in [0.15, 0.2) is 48.5 Å². The van der Waals surface area contributed by atoms with E-state index in [-0.39, 0.29) is 18.0 Å². The number of nitrogens with zero attached hydrogens (tertiary/aromatic N) is 2. The predicted octanol–water partition coefficient (Wildman–Crippen LogP) is 2.82. The number of benzene rings is 2. The maximum Gasteiger partial charge on any atom is 0.254 e. The van der Waals surface area contributed by atoms with Crippen LogP contribution in [0.2, 0.25) is 0 Å². The molecule has 1 heterocycles. The van der Waals surface area contributed by atoms with E-state index in [4.69, 9.17) is 0 Å². The highest BCUT2D eigenvalue weighted by Gasteiger charge is 2.21. The van der Waals surface area contributed by atoms with E-state index in [2.05, 4.69) is 22.3 Å². The minimum Gasteiger partial charge on any atom is -0.368 e. The minimum absolute atomic E-state index is 0.0509. The van der Waals surface area contributed by atoms with Crippen molar-refractivity contribution in [2.24, 2.45) is 0 Å². The van der Waals surface area contributed by atoms with E-state index < -0.39 is 17.5 Å². The summed E-state index contributed by atoms with van der Waals surface area (Å²) in [7, 11) is 0. The fourth-order valence-electron chi connectivity index (χ4n) is 3.22. The molecule has 1 aliphatic rings. The van der Waals surface area contributed by atoms with Gasteiger partial charge >= 0.3 is 0 Å². The number of hydrogen-bond acceptors (Lipinski definition) is 3. The molecule has 7 heteroatoms.